The number of carbonyl (C=O) groups excluding carboxylic acids is 1. The number of guanidine groups is 1. The highest BCUT2D eigenvalue weighted by Gasteiger charge is 2.10. The van der Waals surface area contributed by atoms with E-state index in [2.05, 4.69) is 15.5 Å². The lowest BCUT2D eigenvalue weighted by Gasteiger charge is -2.11. The third-order valence-corrected chi connectivity index (χ3v) is 3.46. The molecule has 0 atom stereocenters. The van der Waals surface area contributed by atoms with E-state index in [-0.39, 0.29) is 17.6 Å². The number of hydrazone groups is 1. The molecule has 0 radical (unpaired) electrons. The number of hydrogen-bond acceptors (Lipinski definition) is 4. The summed E-state index contributed by atoms with van der Waals surface area (Å²) in [6, 6.07) is 8.88. The summed E-state index contributed by atoms with van der Waals surface area (Å²) in [6.07, 6.45) is 1.55. The number of nitrogens with zero attached hydrogens (tertiary/aromatic N) is 1. The molecule has 142 valence electrons. The Hall–Kier alpha value is -3.33. The predicted octanol–water partition coefficient (Wildman–Crippen LogP) is 0.193. The quantitative estimate of drug-likeness (QED) is 0.303. The number of ether oxygens (including phenoxy) is 2. The average molecular weight is 395 g/mol. The van der Waals surface area contributed by atoms with Gasteiger partial charge in [-0.05, 0) is 36.4 Å². The molecule has 0 fully saturated rings. The molecule has 0 aliphatic heterocycles. The van der Waals surface area contributed by atoms with Gasteiger partial charge in [0.2, 0.25) is 6.21 Å². The van der Waals surface area contributed by atoms with Crippen LogP contribution < -0.4 is 31.4 Å². The van der Waals surface area contributed by atoms with Gasteiger partial charge in [-0.15, -0.1) is 5.10 Å². The first-order chi connectivity index (χ1) is 12.9. The molecule has 0 spiro atoms. The molecule has 1 amide bonds. The number of nitrogens with two attached hydrogens (primary N) is 2. The molecule has 27 heavy (non-hydrogen) atoms. The lowest BCUT2D eigenvalue weighted by Crippen LogP contribution is -2.63. The Labute approximate surface area is 159 Å². The number of hydrogen-bond donors (Lipinski definition) is 4. The minimum Gasteiger partial charge on any atom is -0.493 e. The van der Waals surface area contributed by atoms with Crippen molar-refractivity contribution in [3.63, 3.8) is 0 Å². The fraction of sp³-hybridized carbons (Fsp3) is 0.118. The molecule has 0 saturated carbocycles. The molecule has 2 aromatic rings. The third-order valence-electron chi connectivity index (χ3n) is 3.17. The highest BCUT2D eigenvalue weighted by atomic mass is 35.5. The zero-order valence-corrected chi connectivity index (χ0v) is 15.1. The molecule has 0 saturated heterocycles. The molecule has 0 bridgehead atoms. The second kappa shape index (κ2) is 9.39. The van der Waals surface area contributed by atoms with Crippen molar-refractivity contribution in [2.75, 3.05) is 19.0 Å². The Morgan fingerprint density at radius 1 is 1.30 bits per heavy atom. The van der Waals surface area contributed by atoms with E-state index in [4.69, 9.17) is 32.5 Å². The van der Waals surface area contributed by atoms with Gasteiger partial charge in [0.1, 0.15) is 5.82 Å². The summed E-state index contributed by atoms with van der Waals surface area (Å²) in [4.78, 5) is 12.0. The molecule has 2 rings (SSSR count). The molecular formula is C17H18ClFN5O3+. The number of anilines is 1. The number of methoxy groups -OCH3 is 1. The molecule has 0 heterocycles. The number of nitrogens with one attached hydrogen (secondary N) is 2. The van der Waals surface area contributed by atoms with Crippen LogP contribution in [0.25, 0.3) is 0 Å². The van der Waals surface area contributed by atoms with Crippen molar-refractivity contribution in [3.8, 4) is 11.5 Å². The van der Waals surface area contributed by atoms with Crippen LogP contribution in [0.1, 0.15) is 5.56 Å². The Morgan fingerprint density at radius 3 is 2.74 bits per heavy atom. The second-order valence-electron chi connectivity index (χ2n) is 5.19. The third kappa shape index (κ3) is 6.15. The second-order valence-corrected chi connectivity index (χ2v) is 5.59. The van der Waals surface area contributed by atoms with Crippen LogP contribution in [0.5, 0.6) is 11.5 Å². The van der Waals surface area contributed by atoms with E-state index in [0.29, 0.717) is 17.2 Å². The molecule has 8 nitrogen and oxygen atoms in total. The number of halogens is 2. The lowest BCUT2D eigenvalue weighted by atomic mass is 10.2. The van der Waals surface area contributed by atoms with Gasteiger partial charge >= 0.3 is 0 Å². The molecule has 0 aliphatic carbocycles. The van der Waals surface area contributed by atoms with Crippen LogP contribution >= 0.6 is 11.6 Å². The first-order valence-electron chi connectivity index (χ1n) is 7.62. The van der Waals surface area contributed by atoms with Crippen LogP contribution in [-0.2, 0) is 4.79 Å². The number of carbonyl (C=O) groups is 1. The lowest BCUT2D eigenvalue weighted by molar-refractivity contribution is -0.456. The van der Waals surface area contributed by atoms with Gasteiger partial charge in [-0.1, -0.05) is 11.6 Å². The molecule has 10 heteroatoms. The number of benzene rings is 2. The van der Waals surface area contributed by atoms with Crippen molar-refractivity contribution >= 4 is 35.4 Å². The van der Waals surface area contributed by atoms with E-state index in [0.717, 1.165) is 11.6 Å². The Balaban J connectivity index is 1.99. The van der Waals surface area contributed by atoms with Gasteiger partial charge in [0.15, 0.2) is 18.1 Å². The molecular weight excluding hydrogens is 377 g/mol. The summed E-state index contributed by atoms with van der Waals surface area (Å²) >= 11 is 5.67. The zero-order chi connectivity index (χ0) is 19.8. The van der Waals surface area contributed by atoms with Crippen molar-refractivity contribution in [3.05, 3.63) is 52.8 Å². The summed E-state index contributed by atoms with van der Waals surface area (Å²) < 4.78 is 23.8. The van der Waals surface area contributed by atoms with E-state index in [1.54, 1.807) is 24.4 Å². The summed E-state index contributed by atoms with van der Waals surface area (Å²) in [5.74, 6) is -0.338. The summed E-state index contributed by atoms with van der Waals surface area (Å²) in [7, 11) is 1.47. The van der Waals surface area contributed by atoms with Crippen molar-refractivity contribution < 1.29 is 23.8 Å². The van der Waals surface area contributed by atoms with Crippen LogP contribution in [0.15, 0.2) is 41.5 Å². The highest BCUT2D eigenvalue weighted by molar-refractivity contribution is 6.31. The van der Waals surface area contributed by atoms with Gasteiger partial charge in [0, 0.05) is 16.4 Å². The van der Waals surface area contributed by atoms with Crippen LogP contribution in [0.3, 0.4) is 0 Å². The van der Waals surface area contributed by atoms with E-state index < -0.39 is 11.7 Å². The normalized spacial score (nSPS) is 10.5. The smallest absolute Gasteiger partial charge is 0.262 e. The minimum atomic E-state index is -0.568. The number of rotatable bonds is 7. The van der Waals surface area contributed by atoms with Crippen molar-refractivity contribution in [2.24, 2.45) is 16.6 Å². The van der Waals surface area contributed by atoms with Crippen LogP contribution in [-0.4, -0.2) is 31.8 Å². The predicted molar refractivity (Wildman–Crippen MR) is 100 cm³/mol. The van der Waals surface area contributed by atoms with Gasteiger partial charge < -0.3 is 26.3 Å². The molecule has 6 N–H and O–H groups in total. The Bertz CT molecular complexity index is 885. The SMILES string of the molecule is COc1cc(/C=[NH+]/N=C(N)N)ccc1OCC(=O)Nc1ccc(F)c(Cl)c1. The maximum atomic E-state index is 13.1. The molecule has 0 aromatic heterocycles. The fourth-order valence-electron chi connectivity index (χ4n) is 1.99. The van der Waals surface area contributed by atoms with Gasteiger partial charge in [-0.3, -0.25) is 4.79 Å². The summed E-state index contributed by atoms with van der Waals surface area (Å²) in [6.45, 7) is -0.277. The first kappa shape index (κ1) is 20.0. The standard InChI is InChI=1S/C17H17ClFN5O3/c1-26-15-6-10(8-22-24-17(20)21)2-5-14(15)27-9-16(25)23-11-3-4-13(19)12(18)7-11/h2-8H,9H2,1H3,(H,23,25)(H4,20,21,24)/p+1/b22-8+. The van der Waals surface area contributed by atoms with E-state index in [9.17, 15) is 9.18 Å². The molecule has 0 unspecified atom stereocenters. The van der Waals surface area contributed by atoms with Crippen molar-refractivity contribution in [1.82, 2.24) is 0 Å². The Kier molecular flexibility index (Phi) is 6.95. The van der Waals surface area contributed by atoms with E-state index in [1.165, 1.54) is 19.2 Å². The van der Waals surface area contributed by atoms with Gasteiger partial charge in [0.25, 0.3) is 11.9 Å². The summed E-state index contributed by atoms with van der Waals surface area (Å²) in [5.41, 5.74) is 11.5. The zero-order valence-electron chi connectivity index (χ0n) is 14.3. The molecule has 0 aliphatic rings. The maximum absolute atomic E-state index is 13.1. The minimum absolute atomic E-state index is 0.0865. The highest BCUT2D eigenvalue weighted by Crippen LogP contribution is 2.27. The van der Waals surface area contributed by atoms with Gasteiger partial charge in [-0.25, -0.2) is 4.39 Å². The van der Waals surface area contributed by atoms with Crippen LogP contribution in [0.2, 0.25) is 5.02 Å². The van der Waals surface area contributed by atoms with Crippen molar-refractivity contribution in [1.29, 1.82) is 0 Å². The first-order valence-corrected chi connectivity index (χ1v) is 8.00. The van der Waals surface area contributed by atoms with Gasteiger partial charge in [-0.2, -0.15) is 0 Å². The monoisotopic (exact) mass is 394 g/mol. The largest absolute Gasteiger partial charge is 0.493 e. The number of amides is 1. The fourth-order valence-corrected chi connectivity index (χ4v) is 2.17. The van der Waals surface area contributed by atoms with Crippen molar-refractivity contribution in [2.45, 2.75) is 0 Å². The van der Waals surface area contributed by atoms with Gasteiger partial charge in [0.05, 0.1) is 12.1 Å². The van der Waals surface area contributed by atoms with E-state index >= 15 is 0 Å². The topological polar surface area (TPSA) is 126 Å². The average Bonchev–Trinajstić information content (AvgIpc) is 2.63. The molecule has 2 aromatic carbocycles. The van der Waals surface area contributed by atoms with Crippen LogP contribution in [0.4, 0.5) is 10.1 Å². The van der Waals surface area contributed by atoms with E-state index in [1.807, 2.05) is 0 Å². The Morgan fingerprint density at radius 2 is 2.07 bits per heavy atom. The maximum Gasteiger partial charge on any atom is 0.262 e. The van der Waals surface area contributed by atoms with Crippen LogP contribution in [0, 0.1) is 5.82 Å². The summed E-state index contributed by atoms with van der Waals surface area (Å²) in [5, 5.41) is 8.66.